The van der Waals surface area contributed by atoms with Crippen molar-refractivity contribution in [1.29, 1.82) is 0 Å². The topological polar surface area (TPSA) is 190 Å². The molecular weight excluding hydrogens is 436 g/mol. The Bertz CT molecular complexity index is 914. The van der Waals surface area contributed by atoms with Gasteiger partial charge in [-0.25, -0.2) is 47.0 Å². The van der Waals surface area contributed by atoms with E-state index in [4.69, 9.17) is 19.8 Å². The highest BCUT2D eigenvalue weighted by molar-refractivity contribution is 7.89. The predicted octanol–water partition coefficient (Wildman–Crippen LogP) is -0.478. The molecule has 0 amide bonds. The van der Waals surface area contributed by atoms with Crippen LogP contribution in [0.4, 0.5) is 0 Å². The van der Waals surface area contributed by atoms with Gasteiger partial charge in [0.1, 0.15) is 12.2 Å². The Morgan fingerprint density at radius 3 is 1.20 bits per heavy atom. The molecule has 0 aliphatic rings. The summed E-state index contributed by atoms with van der Waals surface area (Å²) in [6, 6.07) is 0. The number of nitrogens with zero attached hydrogens (tertiary/aromatic N) is 4. The molecule has 0 saturated carbocycles. The maximum Gasteiger partial charge on any atom is 0.212 e. The molecule has 0 aliphatic heterocycles. The fourth-order valence-electron chi connectivity index (χ4n) is 2.06. The summed E-state index contributed by atoms with van der Waals surface area (Å²) in [5.41, 5.74) is 1.79. The second-order valence-electron chi connectivity index (χ2n) is 6.34. The minimum Gasteiger partial charge on any atom is -0.372 e. The number of ether oxygens (including phenoxy) is 2. The quantitative estimate of drug-likeness (QED) is 0.518. The van der Waals surface area contributed by atoms with Crippen LogP contribution >= 0.6 is 0 Å². The van der Waals surface area contributed by atoms with Gasteiger partial charge in [-0.1, -0.05) is 0 Å². The van der Waals surface area contributed by atoms with Crippen LogP contribution in [0.2, 0.25) is 0 Å². The van der Waals surface area contributed by atoms with Crippen LogP contribution in [0.3, 0.4) is 0 Å². The number of hydrogen-bond donors (Lipinski definition) is 2. The van der Waals surface area contributed by atoms with E-state index in [1.54, 1.807) is 24.8 Å². The number of rotatable bonds is 8. The van der Waals surface area contributed by atoms with E-state index in [0.29, 0.717) is 11.6 Å². The Kier molecular flexibility index (Phi) is 9.80. The lowest BCUT2D eigenvalue weighted by molar-refractivity contribution is 0.114. The highest BCUT2D eigenvalue weighted by atomic mass is 32.2. The zero-order chi connectivity index (χ0) is 22.9. The van der Waals surface area contributed by atoms with Gasteiger partial charge in [0.25, 0.3) is 0 Å². The Labute approximate surface area is 176 Å². The van der Waals surface area contributed by atoms with E-state index in [9.17, 15) is 16.8 Å². The molecule has 2 atom stereocenters. The second-order valence-corrected chi connectivity index (χ2v) is 9.66. The van der Waals surface area contributed by atoms with Crippen molar-refractivity contribution in [1.82, 2.24) is 19.9 Å². The Morgan fingerprint density at radius 1 is 0.733 bits per heavy atom. The average Bonchev–Trinajstić information content (AvgIpc) is 2.65. The molecule has 4 N–H and O–H groups in total. The van der Waals surface area contributed by atoms with Gasteiger partial charge in [-0.05, 0) is 25.0 Å². The summed E-state index contributed by atoms with van der Waals surface area (Å²) in [6.45, 7) is 3.68. The Balaban J connectivity index is 0.000000300. The molecule has 0 fully saturated rings. The zero-order valence-electron chi connectivity index (χ0n) is 17.1. The van der Waals surface area contributed by atoms with Crippen molar-refractivity contribution >= 4 is 20.0 Å². The van der Waals surface area contributed by atoms with Crippen LogP contribution < -0.4 is 10.3 Å². The molecule has 2 rings (SSSR count). The minimum atomic E-state index is -3.60. The van der Waals surface area contributed by atoms with Gasteiger partial charge >= 0.3 is 0 Å². The first-order valence-corrected chi connectivity index (χ1v) is 11.9. The highest BCUT2D eigenvalue weighted by Gasteiger charge is 2.20. The maximum absolute atomic E-state index is 10.9. The van der Waals surface area contributed by atoms with Gasteiger partial charge in [0.2, 0.25) is 20.0 Å². The standard InChI is InChI=1S/2C8H13N3O3S/c2*1-6-3-10-8(11-4-6)7(14-2)5-15(9,12)13/h2*3-4,7H,5H2,1-2H3,(H2,9,12,13)/t2*7-/m10/s1. The van der Waals surface area contributed by atoms with E-state index in [1.807, 2.05) is 13.8 Å². The van der Waals surface area contributed by atoms with E-state index < -0.39 is 32.3 Å². The van der Waals surface area contributed by atoms with Crippen LogP contribution in [0.1, 0.15) is 35.0 Å². The first-order chi connectivity index (χ1) is 13.8. The molecule has 30 heavy (non-hydrogen) atoms. The van der Waals surface area contributed by atoms with E-state index in [1.165, 1.54) is 14.2 Å². The number of aromatic nitrogens is 4. The lowest BCUT2D eigenvalue weighted by Gasteiger charge is -2.12. The van der Waals surface area contributed by atoms with Crippen LogP contribution in [-0.2, 0) is 29.5 Å². The van der Waals surface area contributed by atoms with Gasteiger partial charge in [0.15, 0.2) is 11.6 Å². The molecule has 168 valence electrons. The molecule has 2 aromatic rings. The van der Waals surface area contributed by atoms with Crippen LogP contribution in [0, 0.1) is 13.8 Å². The van der Waals surface area contributed by atoms with Gasteiger partial charge in [-0.2, -0.15) is 0 Å². The first kappa shape index (κ1) is 25.9. The number of aryl methyl sites for hydroxylation is 2. The molecule has 2 heterocycles. The molecule has 0 radical (unpaired) electrons. The molecule has 12 nitrogen and oxygen atoms in total. The smallest absolute Gasteiger partial charge is 0.212 e. The third-order valence-electron chi connectivity index (χ3n) is 3.51. The first-order valence-electron chi connectivity index (χ1n) is 8.48. The fourth-order valence-corrected chi connectivity index (χ4v) is 3.47. The van der Waals surface area contributed by atoms with Crippen molar-refractivity contribution in [2.24, 2.45) is 10.3 Å². The van der Waals surface area contributed by atoms with Gasteiger partial charge in [0, 0.05) is 39.0 Å². The third kappa shape index (κ3) is 10.1. The van der Waals surface area contributed by atoms with Gasteiger partial charge in [-0.15, -0.1) is 0 Å². The highest BCUT2D eigenvalue weighted by Crippen LogP contribution is 2.13. The number of primary sulfonamides is 2. The number of sulfonamides is 2. The molecule has 0 saturated heterocycles. The summed E-state index contributed by atoms with van der Waals surface area (Å²) in [5, 5.41) is 9.83. The lowest BCUT2D eigenvalue weighted by Crippen LogP contribution is -2.24. The van der Waals surface area contributed by atoms with Crippen molar-refractivity contribution in [2.45, 2.75) is 26.1 Å². The van der Waals surface area contributed by atoms with Crippen molar-refractivity contribution < 1.29 is 26.3 Å². The number of nitrogens with two attached hydrogens (primary N) is 2. The number of hydrogen-bond acceptors (Lipinski definition) is 10. The molecular formula is C16H26N6O6S2. The second kappa shape index (κ2) is 11.3. The summed E-state index contributed by atoms with van der Waals surface area (Å²) in [5.74, 6) is -0.0201. The van der Waals surface area contributed by atoms with Crippen LogP contribution in [-0.4, -0.2) is 62.5 Å². The predicted molar refractivity (Wildman–Crippen MR) is 109 cm³/mol. The minimum absolute atomic E-state index is 0.317. The SMILES string of the molecule is CO[C@@H](CS(N)(=O)=O)c1ncc(C)cn1.CO[C@H](CS(N)(=O)=O)c1ncc(C)cn1. The average molecular weight is 463 g/mol. The maximum atomic E-state index is 10.9. The van der Waals surface area contributed by atoms with Gasteiger partial charge in [-0.3, -0.25) is 0 Å². The molecule has 2 aromatic heterocycles. The van der Waals surface area contributed by atoms with Crippen LogP contribution in [0.25, 0.3) is 0 Å². The summed E-state index contributed by atoms with van der Waals surface area (Å²) in [6.07, 6.45) is 4.94. The number of methoxy groups -OCH3 is 2. The van der Waals surface area contributed by atoms with E-state index in [2.05, 4.69) is 19.9 Å². The van der Waals surface area contributed by atoms with Crippen molar-refractivity contribution in [2.75, 3.05) is 25.7 Å². The molecule has 0 unspecified atom stereocenters. The molecule has 14 heteroatoms. The fraction of sp³-hybridized carbons (Fsp3) is 0.500. The Hall–Kier alpha value is -2.10. The normalized spacial score (nSPS) is 13.8. The summed E-state index contributed by atoms with van der Waals surface area (Å²) >= 11 is 0. The van der Waals surface area contributed by atoms with E-state index in [-0.39, 0.29) is 11.5 Å². The molecule has 0 spiro atoms. The Morgan fingerprint density at radius 2 is 1.00 bits per heavy atom. The monoisotopic (exact) mass is 462 g/mol. The zero-order valence-corrected chi connectivity index (χ0v) is 18.7. The summed E-state index contributed by atoms with van der Waals surface area (Å²) in [4.78, 5) is 15.9. The van der Waals surface area contributed by atoms with Crippen LogP contribution in [0.5, 0.6) is 0 Å². The van der Waals surface area contributed by atoms with E-state index in [0.717, 1.165) is 11.1 Å². The molecule has 0 aliphatic carbocycles. The van der Waals surface area contributed by atoms with Crippen molar-refractivity contribution in [3.63, 3.8) is 0 Å². The largest absolute Gasteiger partial charge is 0.372 e. The molecule has 0 bridgehead atoms. The van der Waals surface area contributed by atoms with Gasteiger partial charge in [0.05, 0.1) is 11.5 Å². The van der Waals surface area contributed by atoms with Crippen LogP contribution in [0.15, 0.2) is 24.8 Å². The van der Waals surface area contributed by atoms with Gasteiger partial charge < -0.3 is 9.47 Å². The summed E-state index contributed by atoms with van der Waals surface area (Å²) in [7, 11) is -4.42. The van der Waals surface area contributed by atoms with Crippen molar-refractivity contribution in [3.8, 4) is 0 Å². The lowest BCUT2D eigenvalue weighted by atomic mass is 10.3. The van der Waals surface area contributed by atoms with E-state index >= 15 is 0 Å². The molecule has 0 aromatic carbocycles. The third-order valence-corrected chi connectivity index (χ3v) is 5.05. The van der Waals surface area contributed by atoms with Crippen molar-refractivity contribution in [3.05, 3.63) is 47.6 Å². The summed E-state index contributed by atoms with van der Waals surface area (Å²) < 4.78 is 53.5.